The number of amides is 1. The van der Waals surface area contributed by atoms with E-state index in [1.165, 1.54) is 12.8 Å². The molecule has 2 aromatic rings. The van der Waals surface area contributed by atoms with Gasteiger partial charge in [-0.2, -0.15) is 5.10 Å². The number of carbonyl (C=O) groups excluding carboxylic acids is 1. The minimum atomic E-state index is 0.0807. The van der Waals surface area contributed by atoms with Gasteiger partial charge in [0, 0.05) is 24.3 Å². The van der Waals surface area contributed by atoms with E-state index < -0.39 is 0 Å². The molecule has 0 aliphatic carbocycles. The van der Waals surface area contributed by atoms with Crippen molar-refractivity contribution in [3.05, 3.63) is 47.2 Å². The van der Waals surface area contributed by atoms with Crippen LogP contribution < -0.4 is 0 Å². The fraction of sp³-hybridized carbons (Fsp3) is 0.375. The van der Waals surface area contributed by atoms with Gasteiger partial charge in [0.15, 0.2) is 0 Å². The van der Waals surface area contributed by atoms with Gasteiger partial charge in [0.2, 0.25) is 0 Å². The van der Waals surface area contributed by atoms with Gasteiger partial charge in [-0.05, 0) is 37.1 Å². The van der Waals surface area contributed by atoms with Crippen LogP contribution in [0.5, 0.6) is 0 Å². The van der Waals surface area contributed by atoms with Gasteiger partial charge in [0.25, 0.3) is 5.91 Å². The first-order valence-corrected chi connectivity index (χ1v) is 7.72. The minimum Gasteiger partial charge on any atom is -0.339 e. The molecular formula is C16H18ClN3O. The SMILES string of the molecule is O=C(c1cnn(-c2ccc(Cl)cc2)c1)N1CCCCCC1. The maximum absolute atomic E-state index is 12.5. The molecule has 4 nitrogen and oxygen atoms in total. The minimum absolute atomic E-state index is 0.0807. The second-order valence-corrected chi connectivity index (χ2v) is 5.79. The van der Waals surface area contributed by atoms with Gasteiger partial charge in [-0.1, -0.05) is 24.4 Å². The van der Waals surface area contributed by atoms with Gasteiger partial charge >= 0.3 is 0 Å². The summed E-state index contributed by atoms with van der Waals surface area (Å²) >= 11 is 5.88. The van der Waals surface area contributed by atoms with Crippen molar-refractivity contribution in [2.75, 3.05) is 13.1 Å². The summed E-state index contributed by atoms with van der Waals surface area (Å²) in [5.41, 5.74) is 1.54. The number of nitrogens with zero attached hydrogens (tertiary/aromatic N) is 3. The highest BCUT2D eigenvalue weighted by Crippen LogP contribution is 2.16. The van der Waals surface area contributed by atoms with E-state index in [0.717, 1.165) is 31.6 Å². The number of benzene rings is 1. The van der Waals surface area contributed by atoms with E-state index in [0.29, 0.717) is 10.6 Å². The number of halogens is 1. The van der Waals surface area contributed by atoms with Crippen molar-refractivity contribution >= 4 is 17.5 Å². The first kappa shape index (κ1) is 14.1. The predicted molar refractivity (Wildman–Crippen MR) is 82.9 cm³/mol. The lowest BCUT2D eigenvalue weighted by Crippen LogP contribution is -2.31. The molecule has 0 N–H and O–H groups in total. The Kier molecular flexibility index (Phi) is 4.25. The monoisotopic (exact) mass is 303 g/mol. The zero-order chi connectivity index (χ0) is 14.7. The quantitative estimate of drug-likeness (QED) is 0.851. The fourth-order valence-corrected chi connectivity index (χ4v) is 2.75. The van der Waals surface area contributed by atoms with Gasteiger partial charge in [0.1, 0.15) is 0 Å². The van der Waals surface area contributed by atoms with Crippen molar-refractivity contribution in [2.45, 2.75) is 25.7 Å². The molecule has 2 heterocycles. The van der Waals surface area contributed by atoms with Gasteiger partial charge in [-0.15, -0.1) is 0 Å². The molecule has 1 aromatic heterocycles. The summed E-state index contributed by atoms with van der Waals surface area (Å²) in [6, 6.07) is 7.40. The molecule has 1 aliphatic heterocycles. The van der Waals surface area contributed by atoms with Crippen LogP contribution >= 0.6 is 11.6 Å². The summed E-state index contributed by atoms with van der Waals surface area (Å²) in [4.78, 5) is 14.4. The zero-order valence-electron chi connectivity index (χ0n) is 11.8. The van der Waals surface area contributed by atoms with Crippen LogP contribution in [-0.2, 0) is 0 Å². The Labute approximate surface area is 129 Å². The summed E-state index contributed by atoms with van der Waals surface area (Å²) < 4.78 is 1.71. The molecule has 1 aliphatic rings. The van der Waals surface area contributed by atoms with Crippen molar-refractivity contribution in [1.29, 1.82) is 0 Å². The molecule has 0 spiro atoms. The molecule has 1 amide bonds. The predicted octanol–water partition coefficient (Wildman–Crippen LogP) is 3.54. The van der Waals surface area contributed by atoms with Crippen LogP contribution in [0.3, 0.4) is 0 Å². The maximum atomic E-state index is 12.5. The number of aromatic nitrogens is 2. The van der Waals surface area contributed by atoms with Crippen molar-refractivity contribution in [3.63, 3.8) is 0 Å². The summed E-state index contributed by atoms with van der Waals surface area (Å²) in [5.74, 6) is 0.0807. The van der Waals surface area contributed by atoms with Gasteiger partial charge < -0.3 is 4.90 Å². The van der Waals surface area contributed by atoms with Gasteiger partial charge in [-0.3, -0.25) is 4.79 Å². The Bertz CT molecular complexity index is 613. The molecule has 21 heavy (non-hydrogen) atoms. The Morgan fingerprint density at radius 1 is 1.05 bits per heavy atom. The van der Waals surface area contributed by atoms with Crippen molar-refractivity contribution in [2.24, 2.45) is 0 Å². The average molecular weight is 304 g/mol. The molecule has 1 fully saturated rings. The topological polar surface area (TPSA) is 38.1 Å². The van der Waals surface area contributed by atoms with Crippen LogP contribution in [0.15, 0.2) is 36.7 Å². The highest BCUT2D eigenvalue weighted by molar-refractivity contribution is 6.30. The Morgan fingerprint density at radius 3 is 2.38 bits per heavy atom. The van der Waals surface area contributed by atoms with Crippen LogP contribution in [-0.4, -0.2) is 33.7 Å². The first-order chi connectivity index (χ1) is 10.2. The summed E-state index contributed by atoms with van der Waals surface area (Å²) in [6.45, 7) is 1.70. The molecule has 0 saturated carbocycles. The van der Waals surface area contributed by atoms with Crippen LogP contribution in [0.2, 0.25) is 5.02 Å². The number of carbonyl (C=O) groups is 1. The lowest BCUT2D eigenvalue weighted by Gasteiger charge is -2.19. The number of likely N-dealkylation sites (tertiary alicyclic amines) is 1. The van der Waals surface area contributed by atoms with Crippen molar-refractivity contribution in [1.82, 2.24) is 14.7 Å². The second-order valence-electron chi connectivity index (χ2n) is 5.36. The van der Waals surface area contributed by atoms with E-state index in [1.807, 2.05) is 29.2 Å². The smallest absolute Gasteiger partial charge is 0.257 e. The zero-order valence-corrected chi connectivity index (χ0v) is 12.6. The normalized spacial score (nSPS) is 15.8. The standard InChI is InChI=1S/C16H18ClN3O/c17-14-5-7-15(8-6-14)20-12-13(11-18-20)16(21)19-9-3-1-2-4-10-19/h5-8,11-12H,1-4,9-10H2. The average Bonchev–Trinajstić information content (AvgIpc) is 2.83. The molecule has 5 heteroatoms. The molecule has 110 valence electrons. The lowest BCUT2D eigenvalue weighted by atomic mass is 10.2. The van der Waals surface area contributed by atoms with E-state index in [4.69, 9.17) is 11.6 Å². The van der Waals surface area contributed by atoms with E-state index >= 15 is 0 Å². The van der Waals surface area contributed by atoms with Crippen LogP contribution in [0.1, 0.15) is 36.0 Å². The van der Waals surface area contributed by atoms with E-state index in [9.17, 15) is 4.79 Å². The number of hydrogen-bond acceptors (Lipinski definition) is 2. The summed E-state index contributed by atoms with van der Waals surface area (Å²) in [5, 5.41) is 4.97. The number of hydrogen-bond donors (Lipinski definition) is 0. The highest BCUT2D eigenvalue weighted by atomic mass is 35.5. The van der Waals surface area contributed by atoms with Crippen LogP contribution in [0.4, 0.5) is 0 Å². The molecule has 0 bridgehead atoms. The molecular weight excluding hydrogens is 286 g/mol. The Hall–Kier alpha value is -1.81. The van der Waals surface area contributed by atoms with Crippen LogP contribution in [0.25, 0.3) is 5.69 Å². The summed E-state index contributed by atoms with van der Waals surface area (Å²) in [6.07, 6.45) is 8.05. The Balaban J connectivity index is 1.77. The van der Waals surface area contributed by atoms with E-state index in [2.05, 4.69) is 5.10 Å². The molecule has 0 unspecified atom stereocenters. The Morgan fingerprint density at radius 2 is 1.71 bits per heavy atom. The van der Waals surface area contributed by atoms with E-state index in [-0.39, 0.29) is 5.91 Å². The summed E-state index contributed by atoms with van der Waals surface area (Å²) in [7, 11) is 0. The third-order valence-electron chi connectivity index (χ3n) is 3.81. The third-order valence-corrected chi connectivity index (χ3v) is 4.07. The maximum Gasteiger partial charge on any atom is 0.257 e. The molecule has 0 radical (unpaired) electrons. The molecule has 0 atom stereocenters. The van der Waals surface area contributed by atoms with Gasteiger partial charge in [-0.25, -0.2) is 4.68 Å². The van der Waals surface area contributed by atoms with Crippen LogP contribution in [0, 0.1) is 0 Å². The van der Waals surface area contributed by atoms with Crippen molar-refractivity contribution in [3.8, 4) is 5.69 Å². The largest absolute Gasteiger partial charge is 0.339 e. The fourth-order valence-electron chi connectivity index (χ4n) is 2.62. The third kappa shape index (κ3) is 3.27. The van der Waals surface area contributed by atoms with Crippen molar-refractivity contribution < 1.29 is 4.79 Å². The molecule has 3 rings (SSSR count). The second kappa shape index (κ2) is 6.31. The van der Waals surface area contributed by atoms with E-state index in [1.54, 1.807) is 17.1 Å². The molecule has 1 aromatic carbocycles. The first-order valence-electron chi connectivity index (χ1n) is 7.34. The highest BCUT2D eigenvalue weighted by Gasteiger charge is 2.18. The molecule has 1 saturated heterocycles. The lowest BCUT2D eigenvalue weighted by molar-refractivity contribution is 0.0761. The van der Waals surface area contributed by atoms with Gasteiger partial charge in [0.05, 0.1) is 17.4 Å². The number of rotatable bonds is 2.